The highest BCUT2D eigenvalue weighted by atomic mass is 16.5. The van der Waals surface area contributed by atoms with E-state index in [2.05, 4.69) is 4.90 Å². The number of phenols is 1. The van der Waals surface area contributed by atoms with Crippen LogP contribution in [0.3, 0.4) is 0 Å². The van der Waals surface area contributed by atoms with Crippen LogP contribution in [0, 0.1) is 11.8 Å². The van der Waals surface area contributed by atoms with Gasteiger partial charge in [-0.25, -0.2) is 9.97 Å². The molecule has 1 N–H and O–H groups in total. The molecule has 2 aliphatic rings. The molecule has 2 aromatic rings. The average Bonchev–Trinajstić information content (AvgIpc) is 3.31. The van der Waals surface area contributed by atoms with Gasteiger partial charge in [-0.15, -0.1) is 0 Å². The summed E-state index contributed by atoms with van der Waals surface area (Å²) in [7, 11) is 2.64. The number of methoxy groups -OCH3 is 2. The monoisotopic (exact) mass is 411 g/mol. The molecule has 0 amide bonds. The summed E-state index contributed by atoms with van der Waals surface area (Å²) < 4.78 is 9.92. The molecule has 2 heterocycles. The van der Waals surface area contributed by atoms with E-state index in [9.17, 15) is 14.7 Å². The van der Waals surface area contributed by atoms with Gasteiger partial charge in [0, 0.05) is 25.1 Å². The molecule has 1 aliphatic carbocycles. The highest BCUT2D eigenvalue weighted by molar-refractivity contribution is 5.84. The lowest BCUT2D eigenvalue weighted by Crippen LogP contribution is -2.39. The number of aromatic hydroxyl groups is 1. The van der Waals surface area contributed by atoms with Crippen LogP contribution in [-0.4, -0.2) is 54.3 Å². The molecule has 1 aromatic heterocycles. The predicted molar refractivity (Wildman–Crippen MR) is 109 cm³/mol. The molecule has 8 nitrogen and oxygen atoms in total. The molecule has 1 fully saturated rings. The Morgan fingerprint density at radius 3 is 2.27 bits per heavy atom. The van der Waals surface area contributed by atoms with Gasteiger partial charge in [-0.1, -0.05) is 12.1 Å². The van der Waals surface area contributed by atoms with Gasteiger partial charge in [0.1, 0.15) is 11.6 Å². The Morgan fingerprint density at radius 1 is 1.00 bits per heavy atom. The fourth-order valence-electron chi connectivity index (χ4n) is 4.38. The Morgan fingerprint density at radius 2 is 1.63 bits per heavy atom. The summed E-state index contributed by atoms with van der Waals surface area (Å²) in [6, 6.07) is 6.92. The standard InChI is InChI=1S/C22H25N3O5/c1-29-21(27)14-11-16-17(12-15(14)22(28)30-2)23-19(13-7-3-4-8-18(13)26)24-20(16)25-9-5-6-10-25/h3-4,7-8,14-15,26H,5-6,9-12H2,1-2H3. The lowest BCUT2D eigenvalue weighted by Gasteiger charge is -2.32. The number of carbonyl (C=O) groups is 2. The van der Waals surface area contributed by atoms with Crippen LogP contribution in [0.2, 0.25) is 0 Å². The molecular weight excluding hydrogens is 386 g/mol. The Bertz CT molecular complexity index is 971. The van der Waals surface area contributed by atoms with E-state index in [1.165, 1.54) is 14.2 Å². The number of carbonyl (C=O) groups excluding carboxylic acids is 2. The van der Waals surface area contributed by atoms with Gasteiger partial charge < -0.3 is 19.5 Å². The second-order valence-corrected chi connectivity index (χ2v) is 7.67. The lowest BCUT2D eigenvalue weighted by molar-refractivity contribution is -0.158. The molecule has 158 valence electrons. The molecule has 0 spiro atoms. The third-order valence-corrected chi connectivity index (χ3v) is 5.95. The highest BCUT2D eigenvalue weighted by Gasteiger charge is 2.42. The van der Waals surface area contributed by atoms with Crippen molar-refractivity contribution < 1.29 is 24.2 Å². The third-order valence-electron chi connectivity index (χ3n) is 5.95. The minimum absolute atomic E-state index is 0.0950. The van der Waals surface area contributed by atoms with Crippen LogP contribution >= 0.6 is 0 Å². The summed E-state index contributed by atoms with van der Waals surface area (Å²) >= 11 is 0. The number of anilines is 1. The van der Waals surface area contributed by atoms with Crippen molar-refractivity contribution in [2.24, 2.45) is 11.8 Å². The summed E-state index contributed by atoms with van der Waals surface area (Å²) in [6.45, 7) is 1.74. The molecule has 4 rings (SSSR count). The van der Waals surface area contributed by atoms with Gasteiger partial charge in [0.2, 0.25) is 0 Å². The SMILES string of the molecule is COC(=O)C1Cc2nc(-c3ccccc3O)nc(N3CCCC3)c2CC1C(=O)OC. The van der Waals surface area contributed by atoms with Crippen molar-refractivity contribution in [3.63, 3.8) is 0 Å². The number of esters is 2. The Labute approximate surface area is 174 Å². The number of rotatable bonds is 4. The van der Waals surface area contributed by atoms with Crippen molar-refractivity contribution in [3.05, 3.63) is 35.5 Å². The lowest BCUT2D eigenvalue weighted by atomic mass is 9.77. The summed E-state index contributed by atoms with van der Waals surface area (Å²) in [5.74, 6) is -0.932. The van der Waals surface area contributed by atoms with Crippen molar-refractivity contribution in [1.82, 2.24) is 9.97 Å². The number of phenolic OH excluding ortho intramolecular Hbond substituents is 1. The minimum atomic E-state index is -0.673. The maximum absolute atomic E-state index is 12.5. The van der Waals surface area contributed by atoms with Gasteiger partial charge in [0.25, 0.3) is 0 Å². The number of para-hydroxylation sites is 1. The Hall–Kier alpha value is -3.16. The number of fused-ring (bicyclic) bond motifs is 1. The predicted octanol–water partition coefficient (Wildman–Crippen LogP) is 2.13. The van der Waals surface area contributed by atoms with Crippen molar-refractivity contribution in [1.29, 1.82) is 0 Å². The van der Waals surface area contributed by atoms with E-state index in [-0.39, 0.29) is 12.2 Å². The van der Waals surface area contributed by atoms with E-state index in [1.807, 2.05) is 6.07 Å². The van der Waals surface area contributed by atoms with Crippen LogP contribution in [0.1, 0.15) is 24.1 Å². The van der Waals surface area contributed by atoms with Crippen LogP contribution in [0.4, 0.5) is 5.82 Å². The van der Waals surface area contributed by atoms with Gasteiger partial charge in [-0.2, -0.15) is 0 Å². The molecule has 2 atom stereocenters. The van der Waals surface area contributed by atoms with Crippen molar-refractivity contribution in [3.8, 4) is 17.1 Å². The molecule has 0 saturated carbocycles. The fourth-order valence-corrected chi connectivity index (χ4v) is 4.38. The molecular formula is C22H25N3O5. The Kier molecular flexibility index (Phi) is 5.57. The fraction of sp³-hybridized carbons (Fsp3) is 0.455. The molecule has 1 saturated heterocycles. The van der Waals surface area contributed by atoms with Gasteiger partial charge in [0.05, 0.1) is 37.3 Å². The molecule has 1 aromatic carbocycles. The normalized spacial score (nSPS) is 20.5. The summed E-state index contributed by atoms with van der Waals surface area (Å²) in [5, 5.41) is 10.3. The number of benzene rings is 1. The van der Waals surface area contributed by atoms with E-state index in [4.69, 9.17) is 19.4 Å². The van der Waals surface area contributed by atoms with Crippen molar-refractivity contribution in [2.75, 3.05) is 32.2 Å². The molecule has 0 bridgehead atoms. The van der Waals surface area contributed by atoms with Crippen LogP contribution in [0.15, 0.2) is 24.3 Å². The van der Waals surface area contributed by atoms with Crippen LogP contribution in [0.5, 0.6) is 5.75 Å². The second-order valence-electron chi connectivity index (χ2n) is 7.67. The van der Waals surface area contributed by atoms with Crippen molar-refractivity contribution >= 4 is 17.8 Å². The zero-order chi connectivity index (χ0) is 21.3. The molecule has 2 unspecified atom stereocenters. The first-order valence-electron chi connectivity index (χ1n) is 10.1. The van der Waals surface area contributed by atoms with Gasteiger partial charge in [0.15, 0.2) is 5.82 Å². The topological polar surface area (TPSA) is 102 Å². The van der Waals surface area contributed by atoms with E-state index in [0.717, 1.165) is 37.3 Å². The number of aromatic nitrogens is 2. The number of nitrogens with zero attached hydrogens (tertiary/aromatic N) is 3. The van der Waals surface area contributed by atoms with Gasteiger partial charge >= 0.3 is 11.9 Å². The second kappa shape index (κ2) is 8.30. The van der Waals surface area contributed by atoms with E-state index in [1.54, 1.807) is 18.2 Å². The maximum Gasteiger partial charge on any atom is 0.309 e. The zero-order valence-electron chi connectivity index (χ0n) is 17.1. The molecule has 0 radical (unpaired) electrons. The van der Waals surface area contributed by atoms with Crippen molar-refractivity contribution in [2.45, 2.75) is 25.7 Å². The molecule has 1 aliphatic heterocycles. The van der Waals surface area contributed by atoms with Gasteiger partial charge in [-0.05, 0) is 31.4 Å². The number of hydrogen-bond acceptors (Lipinski definition) is 8. The quantitative estimate of drug-likeness (QED) is 0.764. The summed E-state index contributed by atoms with van der Waals surface area (Å²) in [4.78, 5) is 36.6. The highest BCUT2D eigenvalue weighted by Crippen LogP contribution is 2.38. The molecule has 30 heavy (non-hydrogen) atoms. The van der Waals surface area contributed by atoms with E-state index in [0.29, 0.717) is 23.5 Å². The first-order chi connectivity index (χ1) is 14.5. The van der Waals surface area contributed by atoms with Crippen LogP contribution < -0.4 is 4.90 Å². The smallest absolute Gasteiger partial charge is 0.309 e. The number of ether oxygens (including phenoxy) is 2. The Balaban J connectivity index is 1.85. The molecule has 8 heteroatoms. The largest absolute Gasteiger partial charge is 0.507 e. The summed E-state index contributed by atoms with van der Waals surface area (Å²) in [5.41, 5.74) is 2.11. The van der Waals surface area contributed by atoms with Crippen LogP contribution in [-0.2, 0) is 31.9 Å². The van der Waals surface area contributed by atoms with Crippen LogP contribution in [0.25, 0.3) is 11.4 Å². The first-order valence-corrected chi connectivity index (χ1v) is 10.1. The maximum atomic E-state index is 12.5. The van der Waals surface area contributed by atoms with E-state index < -0.39 is 23.8 Å². The van der Waals surface area contributed by atoms with E-state index >= 15 is 0 Å². The first kappa shape index (κ1) is 20.1. The average molecular weight is 411 g/mol. The summed E-state index contributed by atoms with van der Waals surface area (Å²) in [6.07, 6.45) is 2.70. The minimum Gasteiger partial charge on any atom is -0.507 e. The van der Waals surface area contributed by atoms with Gasteiger partial charge in [-0.3, -0.25) is 9.59 Å². The zero-order valence-corrected chi connectivity index (χ0v) is 17.1. The number of hydrogen-bond donors (Lipinski definition) is 1. The third kappa shape index (κ3) is 3.58.